The van der Waals surface area contributed by atoms with Gasteiger partial charge in [0.2, 0.25) is 0 Å². The summed E-state index contributed by atoms with van der Waals surface area (Å²) in [5.41, 5.74) is 1.54. The highest BCUT2D eigenvalue weighted by molar-refractivity contribution is 7.92. The fraction of sp³-hybridized carbons (Fsp3) is 0.250. The van der Waals surface area contributed by atoms with Crippen LogP contribution < -0.4 is 9.46 Å². The first-order chi connectivity index (χ1) is 10.1. The van der Waals surface area contributed by atoms with Gasteiger partial charge in [-0.25, -0.2) is 8.42 Å². The standard InChI is InChI=1S/C16H19NO3S/c1-3-13-9-11-14(12-10-13)21(18,19)17-15-7-5-6-8-16(15)20-4-2/h5-12,17H,3-4H2,1-2H3. The largest absolute Gasteiger partial charge is 0.492 e. The summed E-state index contributed by atoms with van der Waals surface area (Å²) in [6.45, 7) is 4.36. The van der Waals surface area contributed by atoms with E-state index in [1.807, 2.05) is 26.0 Å². The molecule has 0 aliphatic rings. The minimum absolute atomic E-state index is 0.242. The summed E-state index contributed by atoms with van der Waals surface area (Å²) in [5, 5.41) is 0. The van der Waals surface area contributed by atoms with Gasteiger partial charge in [0.25, 0.3) is 10.0 Å². The third-order valence-corrected chi connectivity index (χ3v) is 4.45. The molecule has 112 valence electrons. The van der Waals surface area contributed by atoms with Crippen molar-refractivity contribution in [1.29, 1.82) is 0 Å². The molecule has 5 heteroatoms. The fourth-order valence-corrected chi connectivity index (χ4v) is 3.01. The van der Waals surface area contributed by atoms with Crippen LogP contribution in [0.25, 0.3) is 0 Å². The van der Waals surface area contributed by atoms with Crippen LogP contribution in [-0.2, 0) is 16.4 Å². The van der Waals surface area contributed by atoms with Crippen LogP contribution in [0.4, 0.5) is 5.69 Å². The summed E-state index contributed by atoms with van der Waals surface area (Å²) < 4.78 is 32.8. The van der Waals surface area contributed by atoms with Gasteiger partial charge in [-0.1, -0.05) is 31.2 Å². The number of aryl methyl sites for hydroxylation is 1. The van der Waals surface area contributed by atoms with Gasteiger partial charge in [-0.15, -0.1) is 0 Å². The highest BCUT2D eigenvalue weighted by atomic mass is 32.2. The Hall–Kier alpha value is -2.01. The number of benzene rings is 2. The van der Waals surface area contributed by atoms with Gasteiger partial charge in [0.1, 0.15) is 5.75 Å². The molecule has 0 heterocycles. The lowest BCUT2D eigenvalue weighted by atomic mass is 10.2. The maximum atomic E-state index is 12.4. The van der Waals surface area contributed by atoms with Crippen LogP contribution in [0.3, 0.4) is 0 Å². The summed E-state index contributed by atoms with van der Waals surface area (Å²) in [6, 6.07) is 13.9. The molecule has 0 fully saturated rings. The van der Waals surface area contributed by atoms with E-state index in [1.165, 1.54) is 0 Å². The lowest BCUT2D eigenvalue weighted by Crippen LogP contribution is -2.13. The minimum atomic E-state index is -3.61. The van der Waals surface area contributed by atoms with Crippen LogP contribution >= 0.6 is 0 Å². The second kappa shape index (κ2) is 6.63. The Morgan fingerprint density at radius 2 is 1.67 bits per heavy atom. The Kier molecular flexibility index (Phi) is 4.85. The summed E-state index contributed by atoms with van der Waals surface area (Å²) in [4.78, 5) is 0.242. The van der Waals surface area contributed by atoms with E-state index in [0.29, 0.717) is 18.0 Å². The first-order valence-corrected chi connectivity index (χ1v) is 8.38. The molecule has 4 nitrogen and oxygen atoms in total. The van der Waals surface area contributed by atoms with E-state index in [9.17, 15) is 8.42 Å². The third kappa shape index (κ3) is 3.76. The molecular formula is C16H19NO3S. The maximum Gasteiger partial charge on any atom is 0.262 e. The number of para-hydroxylation sites is 2. The van der Waals surface area contributed by atoms with Gasteiger partial charge >= 0.3 is 0 Å². The molecule has 1 N–H and O–H groups in total. The van der Waals surface area contributed by atoms with Crippen LogP contribution in [0.2, 0.25) is 0 Å². The quantitative estimate of drug-likeness (QED) is 0.889. The van der Waals surface area contributed by atoms with Crippen LogP contribution in [0.5, 0.6) is 5.75 Å². The number of hydrogen-bond acceptors (Lipinski definition) is 3. The lowest BCUT2D eigenvalue weighted by molar-refractivity contribution is 0.342. The van der Waals surface area contributed by atoms with Gasteiger partial charge in [0.15, 0.2) is 0 Å². The van der Waals surface area contributed by atoms with E-state index >= 15 is 0 Å². The first-order valence-electron chi connectivity index (χ1n) is 6.90. The van der Waals surface area contributed by atoms with Crippen molar-refractivity contribution >= 4 is 15.7 Å². The fourth-order valence-electron chi connectivity index (χ4n) is 1.94. The minimum Gasteiger partial charge on any atom is -0.492 e. The molecule has 0 bridgehead atoms. The normalized spacial score (nSPS) is 11.1. The Balaban J connectivity index is 2.28. The van der Waals surface area contributed by atoms with E-state index in [2.05, 4.69) is 4.72 Å². The van der Waals surface area contributed by atoms with Crippen molar-refractivity contribution in [2.45, 2.75) is 25.2 Å². The SMILES string of the molecule is CCOc1ccccc1NS(=O)(=O)c1ccc(CC)cc1. The first kappa shape index (κ1) is 15.4. The van der Waals surface area contributed by atoms with Crippen molar-refractivity contribution in [2.75, 3.05) is 11.3 Å². The number of rotatable bonds is 6. The molecule has 2 aromatic rings. The van der Waals surface area contributed by atoms with Crippen molar-refractivity contribution in [3.8, 4) is 5.75 Å². The summed E-state index contributed by atoms with van der Waals surface area (Å²) in [6.07, 6.45) is 0.876. The lowest BCUT2D eigenvalue weighted by Gasteiger charge is -2.12. The molecule has 0 atom stereocenters. The predicted octanol–water partition coefficient (Wildman–Crippen LogP) is 3.45. The molecule has 0 aliphatic heterocycles. The summed E-state index contributed by atoms with van der Waals surface area (Å²) in [5.74, 6) is 0.522. The monoisotopic (exact) mass is 305 g/mol. The number of ether oxygens (including phenoxy) is 1. The highest BCUT2D eigenvalue weighted by Gasteiger charge is 2.16. The molecule has 0 radical (unpaired) electrons. The molecule has 2 aromatic carbocycles. The topological polar surface area (TPSA) is 55.4 Å². The Labute approximate surface area is 125 Å². The zero-order valence-electron chi connectivity index (χ0n) is 12.2. The third-order valence-electron chi connectivity index (χ3n) is 3.07. The predicted molar refractivity (Wildman–Crippen MR) is 84.2 cm³/mol. The van der Waals surface area contributed by atoms with Crippen molar-refractivity contribution < 1.29 is 13.2 Å². The molecule has 0 saturated heterocycles. The van der Waals surface area contributed by atoms with Gasteiger partial charge < -0.3 is 4.74 Å². The number of anilines is 1. The smallest absolute Gasteiger partial charge is 0.262 e. The zero-order chi connectivity index (χ0) is 15.3. The van der Waals surface area contributed by atoms with Gasteiger partial charge in [0.05, 0.1) is 17.2 Å². The number of hydrogen-bond donors (Lipinski definition) is 1. The number of nitrogens with one attached hydrogen (secondary N) is 1. The van der Waals surface area contributed by atoms with Gasteiger partial charge in [-0.3, -0.25) is 4.72 Å². The van der Waals surface area contributed by atoms with Crippen molar-refractivity contribution in [2.24, 2.45) is 0 Å². The van der Waals surface area contributed by atoms with Crippen molar-refractivity contribution in [3.05, 3.63) is 54.1 Å². The van der Waals surface area contributed by atoms with Crippen LogP contribution in [0.15, 0.2) is 53.4 Å². The Morgan fingerprint density at radius 1 is 1.00 bits per heavy atom. The highest BCUT2D eigenvalue weighted by Crippen LogP contribution is 2.26. The Bertz CT molecular complexity index is 694. The van der Waals surface area contributed by atoms with Crippen LogP contribution in [0, 0.1) is 0 Å². The molecule has 0 aliphatic carbocycles. The van der Waals surface area contributed by atoms with Crippen LogP contribution in [-0.4, -0.2) is 15.0 Å². The second-order valence-electron chi connectivity index (χ2n) is 4.53. The van der Waals surface area contributed by atoms with E-state index in [-0.39, 0.29) is 4.90 Å². The Morgan fingerprint density at radius 3 is 2.29 bits per heavy atom. The zero-order valence-corrected chi connectivity index (χ0v) is 13.0. The van der Waals surface area contributed by atoms with E-state index in [0.717, 1.165) is 12.0 Å². The molecule has 0 saturated carbocycles. The van der Waals surface area contributed by atoms with Crippen LogP contribution in [0.1, 0.15) is 19.4 Å². The molecule has 0 spiro atoms. The van der Waals surface area contributed by atoms with E-state index < -0.39 is 10.0 Å². The van der Waals surface area contributed by atoms with E-state index in [1.54, 1.807) is 36.4 Å². The molecule has 0 unspecified atom stereocenters. The molecule has 0 amide bonds. The second-order valence-corrected chi connectivity index (χ2v) is 6.21. The van der Waals surface area contributed by atoms with Crippen molar-refractivity contribution in [3.63, 3.8) is 0 Å². The maximum absolute atomic E-state index is 12.4. The average Bonchev–Trinajstić information content (AvgIpc) is 2.49. The van der Waals surface area contributed by atoms with Crippen molar-refractivity contribution in [1.82, 2.24) is 0 Å². The average molecular weight is 305 g/mol. The number of sulfonamides is 1. The van der Waals surface area contributed by atoms with E-state index in [4.69, 9.17) is 4.74 Å². The molecular weight excluding hydrogens is 286 g/mol. The molecule has 21 heavy (non-hydrogen) atoms. The molecule has 0 aromatic heterocycles. The summed E-state index contributed by atoms with van der Waals surface area (Å²) in [7, 11) is -3.61. The van der Waals surface area contributed by atoms with Gasteiger partial charge in [0, 0.05) is 0 Å². The van der Waals surface area contributed by atoms with Gasteiger partial charge in [-0.2, -0.15) is 0 Å². The van der Waals surface area contributed by atoms with Gasteiger partial charge in [-0.05, 0) is 43.2 Å². The molecule has 2 rings (SSSR count). The summed E-state index contributed by atoms with van der Waals surface area (Å²) >= 11 is 0.